The van der Waals surface area contributed by atoms with Crippen LogP contribution in [0.25, 0.3) is 11.3 Å². The average molecular weight is 422 g/mol. The van der Waals surface area contributed by atoms with Crippen LogP contribution in [-0.4, -0.2) is 48.0 Å². The largest absolute Gasteiger partial charge is 0.361 e. The molecule has 1 amide bonds. The van der Waals surface area contributed by atoms with E-state index in [1.54, 1.807) is 31.1 Å². The maximum Gasteiger partial charge on any atom is 0.230 e. The normalized spacial score (nSPS) is 19.3. The molecule has 1 aromatic heterocycles. The Balaban J connectivity index is 1.57. The molecular weight excluding hydrogens is 393 g/mol. The van der Waals surface area contributed by atoms with E-state index in [-0.39, 0.29) is 11.7 Å². The van der Waals surface area contributed by atoms with Crippen molar-refractivity contribution in [3.8, 4) is 11.3 Å². The van der Waals surface area contributed by atoms with Gasteiger partial charge in [-0.1, -0.05) is 47.6 Å². The third kappa shape index (κ3) is 4.85. The third-order valence-electron chi connectivity index (χ3n) is 5.95. The number of nitrogens with zero attached hydrogens (tertiary/aromatic N) is 3. The highest BCUT2D eigenvalue weighted by molar-refractivity contribution is 5.83. The smallest absolute Gasteiger partial charge is 0.230 e. The van der Waals surface area contributed by atoms with E-state index in [1.165, 1.54) is 6.07 Å². The predicted molar refractivity (Wildman–Crippen MR) is 118 cm³/mol. The highest BCUT2D eigenvalue weighted by atomic mass is 19.1. The number of aromatic nitrogens is 1. The first-order valence-corrected chi connectivity index (χ1v) is 10.6. The van der Waals surface area contributed by atoms with E-state index >= 15 is 0 Å². The Morgan fingerprint density at radius 3 is 2.71 bits per heavy atom. The second kappa shape index (κ2) is 9.02. The molecule has 5 nitrogen and oxygen atoms in total. The van der Waals surface area contributed by atoms with E-state index in [2.05, 4.69) is 10.1 Å². The van der Waals surface area contributed by atoms with Gasteiger partial charge in [-0.05, 0) is 37.1 Å². The minimum Gasteiger partial charge on any atom is -0.361 e. The topological polar surface area (TPSA) is 49.6 Å². The van der Waals surface area contributed by atoms with Crippen LogP contribution in [0.2, 0.25) is 0 Å². The molecule has 0 radical (unpaired) electrons. The van der Waals surface area contributed by atoms with Crippen molar-refractivity contribution in [2.24, 2.45) is 5.41 Å². The molecule has 0 saturated carbocycles. The maximum absolute atomic E-state index is 13.6. The monoisotopic (exact) mass is 421 g/mol. The van der Waals surface area contributed by atoms with Crippen LogP contribution < -0.4 is 0 Å². The van der Waals surface area contributed by atoms with E-state index in [1.807, 2.05) is 42.5 Å². The van der Waals surface area contributed by atoms with Crippen LogP contribution in [0.1, 0.15) is 24.2 Å². The van der Waals surface area contributed by atoms with Crippen LogP contribution >= 0.6 is 0 Å². The van der Waals surface area contributed by atoms with E-state index in [0.717, 1.165) is 36.2 Å². The fraction of sp³-hybridized carbons (Fsp3) is 0.360. The predicted octanol–water partition coefficient (Wildman–Crippen LogP) is 4.39. The number of rotatable bonds is 6. The van der Waals surface area contributed by atoms with Crippen LogP contribution in [0.5, 0.6) is 0 Å². The Bertz CT molecular complexity index is 1030. The number of carbonyl (C=O) groups is 1. The first-order valence-electron chi connectivity index (χ1n) is 10.6. The van der Waals surface area contributed by atoms with Crippen molar-refractivity contribution in [1.29, 1.82) is 0 Å². The summed E-state index contributed by atoms with van der Waals surface area (Å²) in [6, 6.07) is 18.5. The quantitative estimate of drug-likeness (QED) is 0.592. The molecule has 1 aliphatic rings. The number of hydrogen-bond donors (Lipinski definition) is 0. The maximum atomic E-state index is 13.6. The molecule has 1 fully saturated rings. The van der Waals surface area contributed by atoms with Crippen molar-refractivity contribution in [2.75, 3.05) is 27.2 Å². The Labute approximate surface area is 182 Å². The van der Waals surface area contributed by atoms with Gasteiger partial charge >= 0.3 is 0 Å². The summed E-state index contributed by atoms with van der Waals surface area (Å²) >= 11 is 0. The van der Waals surface area contributed by atoms with Gasteiger partial charge in [-0.3, -0.25) is 9.69 Å². The summed E-state index contributed by atoms with van der Waals surface area (Å²) < 4.78 is 19.3. The molecule has 0 N–H and O–H groups in total. The van der Waals surface area contributed by atoms with Crippen LogP contribution in [0.15, 0.2) is 65.2 Å². The zero-order valence-electron chi connectivity index (χ0n) is 18.1. The molecule has 4 rings (SSSR count). The van der Waals surface area contributed by atoms with Crippen LogP contribution in [0.3, 0.4) is 0 Å². The van der Waals surface area contributed by atoms with Gasteiger partial charge in [-0.25, -0.2) is 4.39 Å². The number of likely N-dealkylation sites (tertiary alicyclic amines) is 1. The van der Waals surface area contributed by atoms with Crippen molar-refractivity contribution in [2.45, 2.75) is 25.8 Å². The van der Waals surface area contributed by atoms with Gasteiger partial charge in [0.2, 0.25) is 5.91 Å². The summed E-state index contributed by atoms with van der Waals surface area (Å²) in [4.78, 5) is 17.2. The van der Waals surface area contributed by atoms with Gasteiger partial charge < -0.3 is 9.42 Å². The standard InChI is InChI=1S/C25H28FN3O2/c1-28(2)24(30)25(16-22-15-23(27-31-22)20-9-4-3-5-10-20)12-7-13-29(18-25)17-19-8-6-11-21(26)14-19/h3-6,8-11,14-15H,7,12-13,16-18H2,1-2H3. The molecule has 1 unspecified atom stereocenters. The Morgan fingerprint density at radius 1 is 1.16 bits per heavy atom. The molecule has 1 atom stereocenters. The summed E-state index contributed by atoms with van der Waals surface area (Å²) in [6.45, 7) is 2.10. The van der Waals surface area contributed by atoms with Gasteiger partial charge in [0, 0.05) is 45.2 Å². The summed E-state index contributed by atoms with van der Waals surface area (Å²) in [6.07, 6.45) is 2.17. The lowest BCUT2D eigenvalue weighted by Crippen LogP contribution is -2.52. The minimum atomic E-state index is -0.595. The minimum absolute atomic E-state index is 0.0918. The van der Waals surface area contributed by atoms with Crippen molar-refractivity contribution >= 4 is 5.91 Å². The second-order valence-corrected chi connectivity index (χ2v) is 8.65. The molecule has 31 heavy (non-hydrogen) atoms. The van der Waals surface area contributed by atoms with E-state index in [9.17, 15) is 9.18 Å². The highest BCUT2D eigenvalue weighted by Gasteiger charge is 2.44. The summed E-state index contributed by atoms with van der Waals surface area (Å²) in [7, 11) is 3.59. The molecule has 6 heteroatoms. The lowest BCUT2D eigenvalue weighted by Gasteiger charge is -2.42. The number of hydrogen-bond acceptors (Lipinski definition) is 4. The number of benzene rings is 2. The molecule has 1 aliphatic heterocycles. The van der Waals surface area contributed by atoms with E-state index < -0.39 is 5.41 Å². The van der Waals surface area contributed by atoms with Crippen LogP contribution in [0.4, 0.5) is 4.39 Å². The fourth-order valence-electron chi connectivity index (χ4n) is 4.60. The lowest BCUT2D eigenvalue weighted by atomic mass is 9.75. The first-order chi connectivity index (χ1) is 14.9. The summed E-state index contributed by atoms with van der Waals surface area (Å²) in [5.41, 5.74) is 2.08. The number of piperidine rings is 1. The number of carbonyl (C=O) groups excluding carboxylic acids is 1. The van der Waals surface area contributed by atoms with Crippen molar-refractivity contribution < 1.29 is 13.7 Å². The summed E-state index contributed by atoms with van der Waals surface area (Å²) in [5, 5.41) is 4.23. The third-order valence-corrected chi connectivity index (χ3v) is 5.95. The molecular formula is C25H28FN3O2. The van der Waals surface area contributed by atoms with Crippen molar-refractivity contribution in [1.82, 2.24) is 15.0 Å². The SMILES string of the molecule is CN(C)C(=O)C1(Cc2cc(-c3ccccc3)no2)CCCN(Cc2cccc(F)c2)C1. The molecule has 2 heterocycles. The number of amides is 1. The molecule has 0 spiro atoms. The lowest BCUT2D eigenvalue weighted by molar-refractivity contribution is -0.143. The van der Waals surface area contributed by atoms with Gasteiger partial charge in [-0.2, -0.15) is 0 Å². The average Bonchev–Trinajstić information content (AvgIpc) is 3.22. The van der Waals surface area contributed by atoms with Crippen LogP contribution in [0, 0.1) is 11.2 Å². The van der Waals surface area contributed by atoms with Gasteiger partial charge in [0.15, 0.2) is 0 Å². The molecule has 0 bridgehead atoms. The van der Waals surface area contributed by atoms with Gasteiger partial charge in [0.1, 0.15) is 17.3 Å². The molecule has 1 saturated heterocycles. The zero-order valence-corrected chi connectivity index (χ0v) is 18.1. The van der Waals surface area contributed by atoms with Crippen molar-refractivity contribution in [3.05, 3.63) is 77.8 Å². The molecule has 3 aromatic rings. The fourth-order valence-corrected chi connectivity index (χ4v) is 4.60. The first kappa shape index (κ1) is 21.2. The number of halogens is 1. The van der Waals surface area contributed by atoms with Crippen molar-refractivity contribution in [3.63, 3.8) is 0 Å². The van der Waals surface area contributed by atoms with Crippen LogP contribution in [-0.2, 0) is 17.8 Å². The van der Waals surface area contributed by atoms with Gasteiger partial charge in [0.25, 0.3) is 0 Å². The molecule has 2 aromatic carbocycles. The Morgan fingerprint density at radius 2 is 1.97 bits per heavy atom. The van der Waals surface area contributed by atoms with E-state index in [0.29, 0.717) is 25.3 Å². The molecule has 162 valence electrons. The van der Waals surface area contributed by atoms with E-state index in [4.69, 9.17) is 4.52 Å². The second-order valence-electron chi connectivity index (χ2n) is 8.65. The summed E-state index contributed by atoms with van der Waals surface area (Å²) in [5.74, 6) is 0.566. The van der Waals surface area contributed by atoms with Gasteiger partial charge in [-0.15, -0.1) is 0 Å². The Hall–Kier alpha value is -2.99. The highest BCUT2D eigenvalue weighted by Crippen LogP contribution is 2.37. The zero-order chi connectivity index (χ0) is 21.8. The van der Waals surface area contributed by atoms with Gasteiger partial charge in [0.05, 0.1) is 5.41 Å². The Kier molecular flexibility index (Phi) is 6.18. The molecule has 0 aliphatic carbocycles.